The number of aliphatic hydroxyl groups is 2. The van der Waals surface area contributed by atoms with Crippen LogP contribution in [0.1, 0.15) is 174 Å². The van der Waals surface area contributed by atoms with Crippen molar-refractivity contribution >= 4 is 67.7 Å². The molecule has 14 heterocycles. The molecule has 2 fully saturated rings. The molecule has 130 heavy (non-hydrogen) atoms. The van der Waals surface area contributed by atoms with Gasteiger partial charge >= 0.3 is 35.5 Å². The van der Waals surface area contributed by atoms with Crippen LogP contribution >= 0.6 is 0 Å². The number of ether oxygens (including phenoxy) is 4. The number of amides is 2. The third kappa shape index (κ3) is 14.5. The zero-order chi connectivity index (χ0) is 90.9. The Labute approximate surface area is 742 Å². The largest absolute Gasteiger partial charge is 0.508 e. The lowest BCUT2D eigenvalue weighted by molar-refractivity contribution is -0.172. The number of fused-ring (bicyclic) bond motifs is 12. The van der Waals surface area contributed by atoms with E-state index >= 15 is 0 Å². The number of hydrogen-bond donors (Lipinski definition) is 8. The number of aromatic amines is 2. The molecule has 6 aliphatic heterocycles. The van der Waals surface area contributed by atoms with Gasteiger partial charge in [-0.25, -0.2) is 58.1 Å². The van der Waals surface area contributed by atoms with Crippen molar-refractivity contribution in [1.82, 2.24) is 67.6 Å². The lowest BCUT2D eigenvalue weighted by Crippen LogP contribution is -2.44. The number of rotatable bonds is 18. The molecule has 14 aromatic rings. The van der Waals surface area contributed by atoms with E-state index in [2.05, 4.69) is 29.5 Å². The maximum atomic E-state index is 13.7. The van der Waals surface area contributed by atoms with Crippen molar-refractivity contribution in [3.05, 3.63) is 231 Å². The number of H-pyrrole nitrogens is 2. The Hall–Kier alpha value is -14.4. The van der Waals surface area contributed by atoms with Gasteiger partial charge in [-0.2, -0.15) is 10.2 Å². The zero-order valence-electron chi connectivity index (χ0n) is 73.1. The van der Waals surface area contributed by atoms with Gasteiger partial charge < -0.3 is 77.7 Å². The average molecular weight is 1760 g/mol. The highest BCUT2D eigenvalue weighted by atomic mass is 16.6. The zero-order valence-corrected chi connectivity index (χ0v) is 73.1. The first-order valence-corrected chi connectivity index (χ1v) is 44.4. The number of likely N-dealkylation sites (tertiary alicyclic amines) is 2. The first kappa shape index (κ1) is 85.1. The Bertz CT molecular complexity index is 6880. The predicted octanol–water partition coefficient (Wildman–Crippen LogP) is 13.9. The topological polar surface area (TPSA) is 414 Å². The summed E-state index contributed by atoms with van der Waals surface area (Å²) in [5, 5.41) is 81.8. The Morgan fingerprint density at radius 3 is 1.27 bits per heavy atom. The molecule has 0 unspecified atom stereocenters. The summed E-state index contributed by atoms with van der Waals surface area (Å²) in [7, 11) is 0. The van der Waals surface area contributed by atoms with E-state index in [1.165, 1.54) is 21.3 Å². The molecule has 668 valence electrons. The highest BCUT2D eigenvalue weighted by Crippen LogP contribution is 2.46. The van der Waals surface area contributed by atoms with E-state index < -0.39 is 46.7 Å². The summed E-state index contributed by atoms with van der Waals surface area (Å²) < 4.78 is 32.8. The lowest BCUT2D eigenvalue weighted by Gasteiger charge is -2.31. The van der Waals surface area contributed by atoms with Gasteiger partial charge in [0.2, 0.25) is 0 Å². The van der Waals surface area contributed by atoms with Crippen LogP contribution < -0.4 is 32.0 Å². The number of aromatic hydroxyl groups is 4. The van der Waals surface area contributed by atoms with Crippen molar-refractivity contribution in [2.24, 2.45) is 11.8 Å². The molecule has 32 heteroatoms. The predicted molar refractivity (Wildman–Crippen MR) is 483 cm³/mol. The number of phenols is 4. The van der Waals surface area contributed by atoms with Gasteiger partial charge in [-0.3, -0.25) is 9.59 Å². The number of aromatic nitrogens is 12. The second kappa shape index (κ2) is 33.0. The van der Waals surface area contributed by atoms with Gasteiger partial charge in [-0.05, 0) is 219 Å². The third-order valence-corrected chi connectivity index (χ3v) is 27.4. The lowest BCUT2D eigenvalue weighted by atomic mass is 9.86. The Morgan fingerprint density at radius 2 is 0.892 bits per heavy atom. The Kier molecular flexibility index (Phi) is 21.6. The van der Waals surface area contributed by atoms with Crippen LogP contribution in [0.5, 0.6) is 34.5 Å². The van der Waals surface area contributed by atoms with Gasteiger partial charge in [-0.15, -0.1) is 0 Å². The minimum Gasteiger partial charge on any atom is -0.508 e. The van der Waals surface area contributed by atoms with Crippen molar-refractivity contribution in [3.63, 3.8) is 0 Å². The molecule has 0 saturated carbocycles. The van der Waals surface area contributed by atoms with Gasteiger partial charge in [-0.1, -0.05) is 55.4 Å². The highest BCUT2D eigenvalue weighted by Gasteiger charge is 2.48. The van der Waals surface area contributed by atoms with Crippen molar-refractivity contribution in [3.8, 4) is 91.4 Å². The standard InChI is InChI=1S/2C49H49N7O9/c2*1-5-31-33-20-30(8-9-38(33)50-43-35(31)24-55-40(43)22-37-36(45(55)59)25-64-46(60)49(37,63)6-2)65-48(62)54-16-12-27(13-17-54)11-15-53-18-14-28-19-29(7-10-39(28)53)56-44(51-52-47(56)61)34-21-32(26(3)4)41(57)23-42(34)58/h2*7-10,14,18-23,26-27,57-58,63H,5-6,11-13,15-17,24-25H2,1-4H3,(H,52,61)/t2*49-/m00/s1. The van der Waals surface area contributed by atoms with Crippen LogP contribution in [0.4, 0.5) is 9.59 Å². The molecule has 6 aromatic carbocycles. The number of pyridine rings is 4. The number of carbonyl (C=O) groups excluding carboxylic acids is 4. The van der Waals surface area contributed by atoms with E-state index in [1.54, 1.807) is 69.2 Å². The summed E-state index contributed by atoms with van der Waals surface area (Å²) in [6, 6.07) is 35.6. The summed E-state index contributed by atoms with van der Waals surface area (Å²) in [5.74, 6) is 0.130. The van der Waals surface area contributed by atoms with E-state index in [-0.39, 0.29) is 119 Å². The summed E-state index contributed by atoms with van der Waals surface area (Å²) >= 11 is 0. The van der Waals surface area contributed by atoms with Crippen LogP contribution in [-0.4, -0.2) is 149 Å². The monoisotopic (exact) mass is 1760 g/mol. The third-order valence-electron chi connectivity index (χ3n) is 27.4. The molecule has 0 bridgehead atoms. The number of benzene rings is 6. The van der Waals surface area contributed by atoms with E-state index in [9.17, 15) is 69.0 Å². The van der Waals surface area contributed by atoms with Crippen LogP contribution in [-0.2, 0) is 82.5 Å². The molecule has 0 spiro atoms. The molecular formula is C98H98N14O18. The van der Waals surface area contributed by atoms with Crippen LogP contribution in [0.2, 0.25) is 0 Å². The van der Waals surface area contributed by atoms with Crippen LogP contribution in [0.15, 0.2) is 153 Å². The van der Waals surface area contributed by atoms with Gasteiger partial charge in [0.15, 0.2) is 22.9 Å². The summed E-state index contributed by atoms with van der Waals surface area (Å²) in [6.07, 6.45) is 9.83. The van der Waals surface area contributed by atoms with Crippen molar-refractivity contribution in [1.29, 1.82) is 0 Å². The van der Waals surface area contributed by atoms with E-state index in [0.29, 0.717) is 130 Å². The normalized spacial score (nSPS) is 17.1. The number of aryl methyl sites for hydroxylation is 4. The van der Waals surface area contributed by atoms with Gasteiger partial charge in [0.05, 0.1) is 80.5 Å². The molecule has 2 saturated heterocycles. The molecule has 20 rings (SSSR count). The minimum absolute atomic E-state index is 0.0184. The Balaban J connectivity index is 0.000000168. The molecule has 6 aliphatic rings. The van der Waals surface area contributed by atoms with E-state index in [0.717, 1.165) is 106 Å². The molecular weight excluding hydrogens is 1660 g/mol. The fraction of sp³-hybridized carbons (Fsp3) is 0.347. The second-order valence-corrected chi connectivity index (χ2v) is 35.3. The van der Waals surface area contributed by atoms with Crippen LogP contribution in [0.25, 0.3) is 101 Å². The second-order valence-electron chi connectivity index (χ2n) is 35.3. The van der Waals surface area contributed by atoms with Crippen molar-refractivity contribution < 1.29 is 68.8 Å². The van der Waals surface area contributed by atoms with Gasteiger partial charge in [0.25, 0.3) is 11.1 Å². The average Bonchev–Trinajstić information content (AvgIpc) is 1.47. The summed E-state index contributed by atoms with van der Waals surface area (Å²) in [6.45, 7) is 19.2. The maximum absolute atomic E-state index is 13.7. The summed E-state index contributed by atoms with van der Waals surface area (Å²) in [4.78, 5) is 119. The number of hydrogen-bond acceptors (Lipinski definition) is 22. The SMILES string of the molecule is CCc1c2c(nc3ccc(OC(=O)N4CCC(CCn5ccc6cc(-n7c(-c8cc(C(C)C)c(O)cc8O)n[nH]c7=O)ccc65)CC4)cc13)-c1cc3c(c(=O)n1C2)COC(=O)[C@]3(O)CC.CCc1c2c(nc3ccc(OC(=O)N4CCC(CCn5ccc6cc(-n7c(-c8cc(C(C)C)c(O)cc8O)n[nH]c7=O)ccc65)CC4)cc13)-c1cc3c(c(=O)n1C2)COC(=O)[C@]3(O)CC. The van der Waals surface area contributed by atoms with Crippen LogP contribution in [0.3, 0.4) is 0 Å². The quantitative estimate of drug-likeness (QED) is 0.0370. The number of piperidine rings is 2. The number of nitrogens with zero attached hydrogens (tertiary/aromatic N) is 12. The first-order chi connectivity index (χ1) is 62.5. The number of phenolic OH excluding ortho intramolecular Hbond substituents is 4. The van der Waals surface area contributed by atoms with Crippen LogP contribution in [0, 0.1) is 11.8 Å². The molecule has 0 radical (unpaired) electrons. The fourth-order valence-electron chi connectivity index (χ4n) is 19.9. The smallest absolute Gasteiger partial charge is 0.415 e. The highest BCUT2D eigenvalue weighted by molar-refractivity contribution is 5.93. The molecule has 8 aromatic heterocycles. The minimum atomic E-state index is -1.91. The van der Waals surface area contributed by atoms with Crippen molar-refractivity contribution in [2.75, 3.05) is 26.2 Å². The molecule has 32 nitrogen and oxygen atoms in total. The van der Waals surface area contributed by atoms with E-state index in [1.807, 2.05) is 127 Å². The fourth-order valence-corrected chi connectivity index (χ4v) is 19.9. The number of carbonyl (C=O) groups is 4. The maximum Gasteiger partial charge on any atom is 0.415 e. The summed E-state index contributed by atoms with van der Waals surface area (Å²) in [5.41, 5.74) is 8.29. The first-order valence-electron chi connectivity index (χ1n) is 44.4. The number of nitrogens with one attached hydrogen (secondary N) is 2. The van der Waals surface area contributed by atoms with Gasteiger partial charge in [0.1, 0.15) is 47.7 Å². The van der Waals surface area contributed by atoms with Crippen molar-refractivity contribution in [2.45, 2.75) is 182 Å². The molecule has 0 aliphatic carbocycles. The molecule has 8 N–H and O–H groups in total. The molecule has 2 amide bonds. The number of esters is 2. The van der Waals surface area contributed by atoms with E-state index in [4.69, 9.17) is 28.9 Å². The van der Waals surface area contributed by atoms with Gasteiger partial charge in [0, 0.05) is 119 Å². The molecule has 2 atom stereocenters. The number of cyclic esters (lactones) is 2. The Morgan fingerprint density at radius 1 is 0.492 bits per heavy atom.